The summed E-state index contributed by atoms with van der Waals surface area (Å²) in [5.41, 5.74) is 0.815. The number of esters is 1. The number of amides is 1. The summed E-state index contributed by atoms with van der Waals surface area (Å²) in [5.74, 6) is -6.64. The average molecular weight is 724 g/mol. The van der Waals surface area contributed by atoms with E-state index in [9.17, 15) is 34.8 Å². The topological polar surface area (TPSA) is 190 Å². The maximum absolute atomic E-state index is 14.0. The second-order valence-electron chi connectivity index (χ2n) is 14.4. The second-order valence-corrected chi connectivity index (χ2v) is 14.4. The van der Waals surface area contributed by atoms with E-state index in [1.807, 2.05) is 6.92 Å². The van der Waals surface area contributed by atoms with Crippen molar-refractivity contribution in [3.05, 3.63) is 58.9 Å². The number of hydrogen-bond donors (Lipinski definition) is 5. The monoisotopic (exact) mass is 723 g/mol. The molecular weight excluding hydrogens is 674 g/mol. The molecule has 11 atom stereocenters. The van der Waals surface area contributed by atoms with Crippen LogP contribution in [0.1, 0.15) is 75.9 Å². The summed E-state index contributed by atoms with van der Waals surface area (Å²) in [5, 5.41) is 49.3. The normalized spacial score (nSPS) is 34.9. The highest BCUT2D eigenvalue weighted by molar-refractivity contribution is 6.20. The van der Waals surface area contributed by atoms with Gasteiger partial charge in [0.25, 0.3) is 5.91 Å². The number of aliphatic hydroxyl groups excluding tert-OH is 2. The standard InChI is InChI=1S/C39H49NO12/c1-16-11-10-12-17(2)38(46)40-24-15-25(42)29-30-27-19(4)34(45)31(29)37(24)52-51-35(16)21(6)32(43)22(7)36(50-23(8)41)18(3)26(48-9)13-14-49-39(47)28(27)20(5)33(30)44/h10-16,18,20-22,26,28,32,35-36,39,42-43,45,47H,1-9H3,(H,40,46)/b11-10+,14-13+,17-12-/t16-,18+,20+,21-,22+,26-,28?,32+,35-,36+,39+/m0/s1. The summed E-state index contributed by atoms with van der Waals surface area (Å²) in [4.78, 5) is 51.9. The minimum absolute atomic E-state index is 0.0567. The number of rotatable bonds is 2. The molecule has 4 bridgehead atoms. The molecule has 5 rings (SSSR count). The number of phenolic OH excluding ortho intramolecular Hbond substituents is 2. The summed E-state index contributed by atoms with van der Waals surface area (Å²) in [6.07, 6.45) is 2.71. The Hall–Kier alpha value is -4.43. The highest BCUT2D eigenvalue weighted by atomic mass is 17.2. The number of Topliss-reactive ketones (excluding diaryl/α,β-unsaturated/α-hetero) is 1. The van der Waals surface area contributed by atoms with Crippen LogP contribution < -0.4 is 10.2 Å². The number of anilines is 1. The van der Waals surface area contributed by atoms with Crippen LogP contribution in [-0.4, -0.2) is 75.9 Å². The van der Waals surface area contributed by atoms with Crippen LogP contribution in [0.25, 0.3) is 10.8 Å². The molecule has 13 heteroatoms. The molecule has 2 aromatic rings. The molecule has 1 amide bonds. The highest BCUT2D eigenvalue weighted by Gasteiger charge is 2.47. The van der Waals surface area contributed by atoms with Crippen LogP contribution in [0.3, 0.4) is 0 Å². The fraction of sp³-hybridized carbons (Fsp3) is 0.513. The van der Waals surface area contributed by atoms with Crippen LogP contribution in [0.5, 0.6) is 17.2 Å². The Morgan fingerprint density at radius 3 is 2.31 bits per heavy atom. The molecule has 0 saturated carbocycles. The van der Waals surface area contributed by atoms with Gasteiger partial charge in [-0.3, -0.25) is 14.4 Å². The molecule has 5 N–H and O–H groups in total. The van der Waals surface area contributed by atoms with Crippen LogP contribution in [0.4, 0.5) is 5.69 Å². The quantitative estimate of drug-likeness (QED) is 0.198. The zero-order valence-electron chi connectivity index (χ0n) is 30.9. The maximum atomic E-state index is 14.0. The van der Waals surface area contributed by atoms with Crippen molar-refractivity contribution in [2.45, 2.75) is 92.0 Å². The van der Waals surface area contributed by atoms with Crippen molar-refractivity contribution in [1.82, 2.24) is 0 Å². The van der Waals surface area contributed by atoms with Gasteiger partial charge in [0.2, 0.25) is 12.0 Å². The molecule has 13 nitrogen and oxygen atoms in total. The van der Waals surface area contributed by atoms with Gasteiger partial charge >= 0.3 is 5.97 Å². The first-order valence-corrected chi connectivity index (χ1v) is 17.5. The van der Waals surface area contributed by atoms with Crippen LogP contribution in [0, 0.1) is 36.5 Å². The summed E-state index contributed by atoms with van der Waals surface area (Å²) in [6, 6.07) is 1.21. The van der Waals surface area contributed by atoms with E-state index in [-0.39, 0.29) is 44.6 Å². The third-order valence-corrected chi connectivity index (χ3v) is 11.0. The number of carbonyl (C=O) groups excluding carboxylic acids is 3. The van der Waals surface area contributed by atoms with Crippen molar-refractivity contribution < 1.29 is 58.8 Å². The van der Waals surface area contributed by atoms with Gasteiger partial charge in [-0.1, -0.05) is 52.8 Å². The Bertz CT molecular complexity index is 1830. The van der Waals surface area contributed by atoms with Crippen LogP contribution in [0.2, 0.25) is 0 Å². The largest absolute Gasteiger partial charge is 0.507 e. The van der Waals surface area contributed by atoms with Gasteiger partial charge in [-0.15, -0.1) is 0 Å². The molecule has 0 aromatic heterocycles. The molecule has 282 valence electrons. The summed E-state index contributed by atoms with van der Waals surface area (Å²) in [7, 11) is 1.47. The smallest absolute Gasteiger partial charge is 0.302 e. The van der Waals surface area contributed by atoms with E-state index in [1.54, 1.807) is 65.8 Å². The minimum Gasteiger partial charge on any atom is -0.507 e. The van der Waals surface area contributed by atoms with Crippen molar-refractivity contribution in [1.29, 1.82) is 0 Å². The lowest BCUT2D eigenvalue weighted by molar-refractivity contribution is -0.273. The molecule has 0 saturated heterocycles. The molecule has 2 aromatic carbocycles. The molecule has 0 fully saturated rings. The Morgan fingerprint density at radius 2 is 1.65 bits per heavy atom. The van der Waals surface area contributed by atoms with E-state index in [2.05, 4.69) is 5.32 Å². The molecule has 3 aliphatic rings. The number of allylic oxidation sites excluding steroid dienone is 2. The third-order valence-electron chi connectivity index (χ3n) is 11.0. The first kappa shape index (κ1) is 38.8. The molecule has 0 spiro atoms. The van der Waals surface area contributed by atoms with Gasteiger partial charge in [-0.05, 0) is 31.1 Å². The number of nitrogens with one attached hydrogen (secondary N) is 1. The summed E-state index contributed by atoms with van der Waals surface area (Å²) >= 11 is 0. The lowest BCUT2D eigenvalue weighted by Gasteiger charge is -2.38. The van der Waals surface area contributed by atoms with Gasteiger partial charge in [0, 0.05) is 66.2 Å². The van der Waals surface area contributed by atoms with Crippen LogP contribution >= 0.6 is 0 Å². The number of benzene rings is 2. The molecule has 0 radical (unpaired) electrons. The fourth-order valence-corrected chi connectivity index (χ4v) is 7.88. The first-order valence-electron chi connectivity index (χ1n) is 17.5. The predicted octanol–water partition coefficient (Wildman–Crippen LogP) is 5.32. The zero-order valence-corrected chi connectivity index (χ0v) is 30.9. The second kappa shape index (κ2) is 15.3. The van der Waals surface area contributed by atoms with Gasteiger partial charge in [-0.2, -0.15) is 4.89 Å². The maximum Gasteiger partial charge on any atom is 0.302 e. The number of ether oxygens (including phenoxy) is 3. The lowest BCUT2D eigenvalue weighted by atomic mass is 9.78. The Balaban J connectivity index is 1.81. The van der Waals surface area contributed by atoms with E-state index in [0.29, 0.717) is 5.57 Å². The fourth-order valence-electron chi connectivity index (χ4n) is 7.88. The molecular formula is C39H49NO12. The van der Waals surface area contributed by atoms with Crippen molar-refractivity contribution in [2.75, 3.05) is 12.4 Å². The van der Waals surface area contributed by atoms with Crippen molar-refractivity contribution in [2.24, 2.45) is 29.6 Å². The van der Waals surface area contributed by atoms with Gasteiger partial charge in [0.05, 0.1) is 35.5 Å². The minimum atomic E-state index is -1.58. The summed E-state index contributed by atoms with van der Waals surface area (Å²) < 4.78 is 17.3. The Kier molecular flexibility index (Phi) is 11.4. The summed E-state index contributed by atoms with van der Waals surface area (Å²) in [6.45, 7) is 13.2. The van der Waals surface area contributed by atoms with Gasteiger partial charge in [-0.25, -0.2) is 0 Å². The molecule has 2 heterocycles. The van der Waals surface area contributed by atoms with Crippen molar-refractivity contribution in [3.8, 4) is 17.2 Å². The van der Waals surface area contributed by atoms with E-state index in [1.165, 1.54) is 26.4 Å². The SMILES string of the molecule is CO[C@H]1/C=C/O[C@@H](O)C2c3c(C)c(O)c4c5c(cc(O)c4c3C(=O)[C@@H]2C)NC(=O)/C(C)=C\C=C\[C@H](C)[C@H](OO5)[C@@H](C)[C@@H](O)[C@@H](C)[C@H](OC(C)=O)[C@@H]1C. The van der Waals surface area contributed by atoms with E-state index >= 15 is 0 Å². The number of phenols is 2. The van der Waals surface area contributed by atoms with Crippen molar-refractivity contribution in [3.63, 3.8) is 0 Å². The average Bonchev–Trinajstić information content (AvgIpc) is 3.36. The predicted molar refractivity (Wildman–Crippen MR) is 191 cm³/mol. The number of carbonyl (C=O) groups is 3. The molecule has 52 heavy (non-hydrogen) atoms. The van der Waals surface area contributed by atoms with Gasteiger partial charge in [0.15, 0.2) is 5.78 Å². The van der Waals surface area contributed by atoms with Crippen molar-refractivity contribution >= 4 is 34.1 Å². The van der Waals surface area contributed by atoms with E-state index in [4.69, 9.17) is 24.0 Å². The number of methoxy groups -OCH3 is 1. The van der Waals surface area contributed by atoms with Crippen LogP contribution in [-0.2, 0) is 28.7 Å². The van der Waals surface area contributed by atoms with E-state index in [0.717, 1.165) is 0 Å². The number of aliphatic hydroxyl groups is 2. The van der Waals surface area contributed by atoms with Gasteiger partial charge in [0.1, 0.15) is 23.7 Å². The highest BCUT2D eigenvalue weighted by Crippen LogP contribution is 2.54. The lowest BCUT2D eigenvalue weighted by Crippen LogP contribution is -2.47. The number of aromatic hydroxyl groups is 2. The first-order chi connectivity index (χ1) is 24.5. The molecule has 2 aliphatic heterocycles. The van der Waals surface area contributed by atoms with Crippen LogP contribution in [0.15, 0.2) is 42.2 Å². The molecule has 1 aliphatic carbocycles. The molecule has 1 unspecified atom stereocenters. The number of ketones is 1. The third kappa shape index (κ3) is 6.90. The Labute approximate surface area is 302 Å². The zero-order chi connectivity index (χ0) is 38.3. The number of fused-ring (bicyclic) bond motifs is 4. The number of hydrogen-bond acceptors (Lipinski definition) is 12. The Morgan fingerprint density at radius 1 is 0.962 bits per heavy atom. The van der Waals surface area contributed by atoms with Gasteiger partial charge < -0.3 is 44.8 Å². The van der Waals surface area contributed by atoms with E-state index < -0.39 is 89.6 Å².